The van der Waals surface area contributed by atoms with Gasteiger partial charge in [0.15, 0.2) is 0 Å². The van der Waals surface area contributed by atoms with Crippen LogP contribution >= 0.6 is 24.8 Å². The van der Waals surface area contributed by atoms with E-state index in [0.29, 0.717) is 19.6 Å². The topological polar surface area (TPSA) is 90.6 Å². The Morgan fingerprint density at radius 1 is 1.19 bits per heavy atom. The number of rotatable bonds is 7. The summed E-state index contributed by atoms with van der Waals surface area (Å²) in [5, 5.41) is 2.65. The minimum absolute atomic E-state index is 0. The van der Waals surface area contributed by atoms with Crippen LogP contribution in [0.15, 0.2) is 0 Å². The highest BCUT2D eigenvalue weighted by Gasteiger charge is 2.16. The van der Waals surface area contributed by atoms with Crippen LogP contribution in [-0.2, 0) is 14.3 Å². The Hall–Kier alpha value is -0.720. The van der Waals surface area contributed by atoms with E-state index < -0.39 is 17.7 Å². The lowest BCUT2D eigenvalue weighted by Crippen LogP contribution is -2.34. The molecule has 0 aromatic carbocycles. The van der Waals surface area contributed by atoms with E-state index in [1.54, 1.807) is 6.92 Å². The molecule has 6 nitrogen and oxygen atoms in total. The maximum atomic E-state index is 11.3. The molecule has 1 atom stereocenters. The minimum Gasteiger partial charge on any atom is -0.465 e. The molecule has 21 heavy (non-hydrogen) atoms. The second-order valence-corrected chi connectivity index (χ2v) is 5.28. The maximum absolute atomic E-state index is 11.3. The van der Waals surface area contributed by atoms with E-state index in [9.17, 15) is 9.59 Å². The zero-order valence-corrected chi connectivity index (χ0v) is 14.8. The van der Waals surface area contributed by atoms with E-state index in [-0.39, 0.29) is 30.8 Å². The van der Waals surface area contributed by atoms with Gasteiger partial charge >= 0.3 is 12.1 Å². The fourth-order valence-corrected chi connectivity index (χ4v) is 1.36. The lowest BCUT2D eigenvalue weighted by atomic mass is 10.1. The molecular weight excluding hydrogens is 319 g/mol. The molecule has 0 aliphatic carbocycles. The molecule has 0 saturated carbocycles. The molecule has 0 spiro atoms. The first kappa shape index (κ1) is 25.2. The van der Waals surface area contributed by atoms with Crippen LogP contribution in [0.4, 0.5) is 4.79 Å². The predicted octanol–water partition coefficient (Wildman–Crippen LogP) is 2.42. The van der Waals surface area contributed by atoms with Crippen LogP contribution < -0.4 is 11.1 Å². The zero-order chi connectivity index (χ0) is 14.9. The van der Waals surface area contributed by atoms with Gasteiger partial charge in [-0.3, -0.25) is 4.79 Å². The summed E-state index contributed by atoms with van der Waals surface area (Å²) in [5.74, 6) is -0.373. The van der Waals surface area contributed by atoms with Gasteiger partial charge in [0.25, 0.3) is 0 Å². The lowest BCUT2D eigenvalue weighted by molar-refractivity contribution is -0.144. The number of hydrogen-bond donors (Lipinski definition) is 2. The van der Waals surface area contributed by atoms with Crippen molar-refractivity contribution in [2.45, 2.75) is 58.6 Å². The smallest absolute Gasteiger partial charge is 0.407 e. The Balaban J connectivity index is -0.00000162. The molecule has 0 aromatic rings. The zero-order valence-electron chi connectivity index (χ0n) is 13.1. The van der Waals surface area contributed by atoms with Crippen LogP contribution in [0.25, 0.3) is 0 Å². The van der Waals surface area contributed by atoms with Gasteiger partial charge in [-0.15, -0.1) is 24.8 Å². The fraction of sp³-hybridized carbons (Fsp3) is 0.846. The lowest BCUT2D eigenvalue weighted by Gasteiger charge is -2.19. The van der Waals surface area contributed by atoms with Crippen LogP contribution in [0.2, 0.25) is 0 Å². The van der Waals surface area contributed by atoms with Crippen molar-refractivity contribution in [2.24, 2.45) is 5.73 Å². The molecule has 0 aliphatic heterocycles. The van der Waals surface area contributed by atoms with Gasteiger partial charge in [0.05, 0.1) is 6.61 Å². The van der Waals surface area contributed by atoms with E-state index in [1.807, 2.05) is 20.8 Å². The highest BCUT2D eigenvalue weighted by molar-refractivity contribution is 5.85. The van der Waals surface area contributed by atoms with Gasteiger partial charge in [0, 0.05) is 6.54 Å². The quantitative estimate of drug-likeness (QED) is 0.545. The average molecular weight is 347 g/mol. The predicted molar refractivity (Wildman–Crippen MR) is 87.2 cm³/mol. The summed E-state index contributed by atoms with van der Waals surface area (Å²) in [6.45, 7) is 8.02. The molecule has 0 rings (SSSR count). The first-order valence-corrected chi connectivity index (χ1v) is 6.65. The third kappa shape index (κ3) is 15.5. The number of alkyl carbamates (subject to hydrolysis) is 1. The number of carbonyl (C=O) groups excluding carboxylic acids is 2. The van der Waals surface area contributed by atoms with Gasteiger partial charge in [-0.05, 0) is 47.0 Å². The number of amides is 1. The standard InChI is InChI=1S/C13H26N2O4.2ClH/c1-5-18-11(16)10(14)8-6-7-9-15-12(17)19-13(2,3)4;;/h10H,5-9,14H2,1-4H3,(H,15,17);2*1H/t10-;;/m1../s1. The molecule has 8 heteroatoms. The third-order valence-electron chi connectivity index (χ3n) is 2.20. The largest absolute Gasteiger partial charge is 0.465 e. The number of unbranched alkanes of at least 4 members (excludes halogenated alkanes) is 1. The molecule has 0 aliphatic rings. The average Bonchev–Trinajstić information content (AvgIpc) is 2.26. The van der Waals surface area contributed by atoms with Gasteiger partial charge in [-0.1, -0.05) is 0 Å². The van der Waals surface area contributed by atoms with Gasteiger partial charge in [0.1, 0.15) is 11.6 Å². The Labute approximate surface area is 139 Å². The van der Waals surface area contributed by atoms with Crippen LogP contribution in [0, 0.1) is 0 Å². The highest BCUT2D eigenvalue weighted by atomic mass is 35.5. The molecular formula is C13H28Cl2N2O4. The fourth-order valence-electron chi connectivity index (χ4n) is 1.36. The number of nitrogens with two attached hydrogens (primary N) is 1. The van der Waals surface area contributed by atoms with Crippen molar-refractivity contribution in [1.82, 2.24) is 5.32 Å². The molecule has 0 unspecified atom stereocenters. The molecule has 0 bridgehead atoms. The second kappa shape index (κ2) is 13.0. The van der Waals surface area contributed by atoms with E-state index in [1.165, 1.54) is 0 Å². The SMILES string of the molecule is CCOC(=O)[C@H](N)CCCCNC(=O)OC(C)(C)C.Cl.Cl. The summed E-state index contributed by atoms with van der Waals surface area (Å²) in [4.78, 5) is 22.6. The third-order valence-corrected chi connectivity index (χ3v) is 2.20. The number of esters is 1. The van der Waals surface area contributed by atoms with Gasteiger partial charge in [0.2, 0.25) is 0 Å². The van der Waals surface area contributed by atoms with Crippen LogP contribution in [0.5, 0.6) is 0 Å². The molecule has 0 aromatic heterocycles. The molecule has 0 heterocycles. The summed E-state index contributed by atoms with van der Waals surface area (Å²) in [5.41, 5.74) is 5.15. The maximum Gasteiger partial charge on any atom is 0.407 e. The molecule has 0 saturated heterocycles. The highest BCUT2D eigenvalue weighted by Crippen LogP contribution is 2.06. The van der Waals surface area contributed by atoms with Crippen LogP contribution in [-0.4, -0.2) is 36.9 Å². The Bertz CT molecular complexity index is 296. The molecule has 1 amide bonds. The summed E-state index contributed by atoms with van der Waals surface area (Å²) in [6.07, 6.45) is 1.61. The van der Waals surface area contributed by atoms with E-state index in [4.69, 9.17) is 15.2 Å². The summed E-state index contributed by atoms with van der Waals surface area (Å²) in [7, 11) is 0. The number of halogens is 2. The van der Waals surface area contributed by atoms with Gasteiger partial charge < -0.3 is 20.5 Å². The van der Waals surface area contributed by atoms with Crippen LogP contribution in [0.1, 0.15) is 47.0 Å². The minimum atomic E-state index is -0.582. The number of hydrogen-bond acceptors (Lipinski definition) is 5. The van der Waals surface area contributed by atoms with Gasteiger partial charge in [-0.25, -0.2) is 4.79 Å². The molecule has 0 radical (unpaired) electrons. The van der Waals surface area contributed by atoms with Gasteiger partial charge in [-0.2, -0.15) is 0 Å². The van der Waals surface area contributed by atoms with E-state index in [2.05, 4.69) is 5.32 Å². The van der Waals surface area contributed by atoms with E-state index >= 15 is 0 Å². The molecule has 128 valence electrons. The van der Waals surface area contributed by atoms with Crippen LogP contribution in [0.3, 0.4) is 0 Å². The van der Waals surface area contributed by atoms with Crippen molar-refractivity contribution in [3.8, 4) is 0 Å². The first-order chi connectivity index (χ1) is 8.76. The number of ether oxygens (including phenoxy) is 2. The van der Waals surface area contributed by atoms with Crippen molar-refractivity contribution < 1.29 is 19.1 Å². The summed E-state index contributed by atoms with van der Waals surface area (Å²) < 4.78 is 9.89. The van der Waals surface area contributed by atoms with Crippen molar-refractivity contribution in [1.29, 1.82) is 0 Å². The molecule has 3 N–H and O–H groups in total. The van der Waals surface area contributed by atoms with Crippen molar-refractivity contribution in [3.05, 3.63) is 0 Å². The van der Waals surface area contributed by atoms with E-state index in [0.717, 1.165) is 12.8 Å². The summed E-state index contributed by atoms with van der Waals surface area (Å²) in [6, 6.07) is -0.582. The second-order valence-electron chi connectivity index (χ2n) is 5.28. The Kier molecular flexibility index (Phi) is 15.6. The Morgan fingerprint density at radius 2 is 1.76 bits per heavy atom. The monoisotopic (exact) mass is 346 g/mol. The first-order valence-electron chi connectivity index (χ1n) is 6.65. The normalized spacial score (nSPS) is 11.5. The number of nitrogens with one attached hydrogen (secondary N) is 1. The van der Waals surface area contributed by atoms with Crippen molar-refractivity contribution >= 4 is 36.9 Å². The summed E-state index contributed by atoms with van der Waals surface area (Å²) >= 11 is 0. The van der Waals surface area contributed by atoms with Crippen molar-refractivity contribution in [3.63, 3.8) is 0 Å². The number of carbonyl (C=O) groups is 2. The van der Waals surface area contributed by atoms with Crippen molar-refractivity contribution in [2.75, 3.05) is 13.2 Å². The Morgan fingerprint density at radius 3 is 2.24 bits per heavy atom. The molecule has 0 fully saturated rings.